The van der Waals surface area contributed by atoms with Gasteiger partial charge in [-0.3, -0.25) is 0 Å². The number of benzene rings is 1. The van der Waals surface area contributed by atoms with Gasteiger partial charge >= 0.3 is 6.61 Å². The van der Waals surface area contributed by atoms with Crippen molar-refractivity contribution in [1.82, 2.24) is 10.2 Å². The molecule has 2 rings (SSSR count). The van der Waals surface area contributed by atoms with Crippen LogP contribution in [0.1, 0.15) is 18.9 Å². The first-order valence-corrected chi connectivity index (χ1v) is 9.09. The lowest BCUT2D eigenvalue weighted by molar-refractivity contribution is -0.0504. The Labute approximate surface area is 178 Å². The zero-order chi connectivity index (χ0) is 18.2. The van der Waals surface area contributed by atoms with E-state index in [0.29, 0.717) is 11.5 Å². The summed E-state index contributed by atoms with van der Waals surface area (Å²) in [7, 11) is 1.97. The summed E-state index contributed by atoms with van der Waals surface area (Å²) in [6.45, 7) is 2.51. The highest BCUT2D eigenvalue weighted by atomic mass is 127. The molecular formula is C17H25BrF2IN3O2. The summed E-state index contributed by atoms with van der Waals surface area (Å²) in [6.07, 6.45) is 1.04. The fourth-order valence-corrected chi connectivity index (χ4v) is 3.12. The molecule has 0 saturated carbocycles. The van der Waals surface area contributed by atoms with Gasteiger partial charge in [-0.15, -0.1) is 24.0 Å². The Morgan fingerprint density at radius 1 is 1.50 bits per heavy atom. The molecule has 1 saturated heterocycles. The topological polar surface area (TPSA) is 46.1 Å². The Hall–Kier alpha value is -0.680. The second-order valence-electron chi connectivity index (χ2n) is 5.91. The molecule has 1 atom stereocenters. The van der Waals surface area contributed by atoms with Gasteiger partial charge in [0, 0.05) is 42.7 Å². The number of alkyl halides is 2. The maximum absolute atomic E-state index is 12.6. The number of aliphatic imine (C=N–C) groups is 1. The van der Waals surface area contributed by atoms with Crippen LogP contribution in [-0.2, 0) is 11.3 Å². The van der Waals surface area contributed by atoms with E-state index in [1.165, 1.54) is 6.07 Å². The lowest BCUT2D eigenvalue weighted by atomic mass is 10.1. The van der Waals surface area contributed by atoms with Crippen LogP contribution in [0.4, 0.5) is 8.78 Å². The minimum Gasteiger partial charge on any atom is -0.434 e. The Morgan fingerprint density at radius 3 is 2.88 bits per heavy atom. The Morgan fingerprint density at radius 2 is 2.27 bits per heavy atom. The minimum atomic E-state index is -2.86. The fraction of sp³-hybridized carbons (Fsp3) is 0.588. The zero-order valence-electron chi connectivity index (χ0n) is 14.9. The maximum atomic E-state index is 12.6. The summed E-state index contributed by atoms with van der Waals surface area (Å²) >= 11 is 3.36. The second kappa shape index (κ2) is 11.9. The van der Waals surface area contributed by atoms with E-state index < -0.39 is 6.61 Å². The van der Waals surface area contributed by atoms with Crippen LogP contribution in [0, 0.1) is 5.92 Å². The van der Waals surface area contributed by atoms with Crippen molar-refractivity contribution in [3.05, 3.63) is 28.2 Å². The molecule has 0 amide bonds. The Kier molecular flexibility index (Phi) is 10.7. The van der Waals surface area contributed by atoms with Gasteiger partial charge in [0.15, 0.2) is 5.96 Å². The third-order valence-electron chi connectivity index (χ3n) is 3.89. The summed E-state index contributed by atoms with van der Waals surface area (Å²) in [5, 5.41) is 3.24. The molecule has 9 heteroatoms. The first-order chi connectivity index (χ1) is 12.0. The number of hydrogen-bond donors (Lipinski definition) is 1. The number of rotatable bonds is 7. The predicted octanol–water partition coefficient (Wildman–Crippen LogP) is 4.10. The minimum absolute atomic E-state index is 0. The standard InChI is InChI=1S/C17H24BrF2N3O2.HI/c1-3-21-17(23(2)10-12-6-7-24-11-12)22-9-13-8-14(18)4-5-15(13)25-16(19)20;/h4-5,8,12,16H,3,6-7,9-11H2,1-2H3,(H,21,22);1H. The van der Waals surface area contributed by atoms with Crippen molar-refractivity contribution in [3.63, 3.8) is 0 Å². The van der Waals surface area contributed by atoms with Gasteiger partial charge in [-0.05, 0) is 31.5 Å². The molecule has 0 radical (unpaired) electrons. The van der Waals surface area contributed by atoms with Crippen molar-refractivity contribution in [2.45, 2.75) is 26.5 Å². The van der Waals surface area contributed by atoms with E-state index in [-0.39, 0.29) is 36.3 Å². The zero-order valence-corrected chi connectivity index (χ0v) is 18.8. The largest absolute Gasteiger partial charge is 0.434 e. The van der Waals surface area contributed by atoms with Crippen molar-refractivity contribution in [3.8, 4) is 5.75 Å². The van der Waals surface area contributed by atoms with Crippen LogP contribution in [0.3, 0.4) is 0 Å². The highest BCUT2D eigenvalue weighted by Crippen LogP contribution is 2.25. The van der Waals surface area contributed by atoms with E-state index in [4.69, 9.17) is 4.74 Å². The smallest absolute Gasteiger partial charge is 0.387 e. The number of hydrogen-bond acceptors (Lipinski definition) is 3. The monoisotopic (exact) mass is 547 g/mol. The quantitative estimate of drug-likeness (QED) is 0.317. The molecule has 0 aromatic heterocycles. The molecule has 0 spiro atoms. The van der Waals surface area contributed by atoms with Crippen LogP contribution in [0.15, 0.2) is 27.7 Å². The summed E-state index contributed by atoms with van der Waals surface area (Å²) in [4.78, 5) is 6.63. The molecule has 0 aliphatic carbocycles. The Balaban J connectivity index is 0.00000338. The van der Waals surface area contributed by atoms with E-state index in [0.717, 1.165) is 43.2 Å². The van der Waals surface area contributed by atoms with Crippen LogP contribution < -0.4 is 10.1 Å². The summed E-state index contributed by atoms with van der Waals surface area (Å²) in [5.74, 6) is 1.36. The number of nitrogens with one attached hydrogen (secondary N) is 1. The van der Waals surface area contributed by atoms with Gasteiger partial charge in [0.2, 0.25) is 0 Å². The van der Waals surface area contributed by atoms with Crippen LogP contribution in [0.2, 0.25) is 0 Å². The normalized spacial score (nSPS) is 17.2. The van der Waals surface area contributed by atoms with Gasteiger partial charge in [-0.2, -0.15) is 8.78 Å². The van der Waals surface area contributed by atoms with Gasteiger partial charge < -0.3 is 19.7 Å². The van der Waals surface area contributed by atoms with E-state index in [1.54, 1.807) is 12.1 Å². The number of halogens is 4. The SMILES string of the molecule is CCNC(=NCc1cc(Br)ccc1OC(F)F)N(C)CC1CCOC1.I. The molecular weight excluding hydrogens is 523 g/mol. The molecule has 1 unspecified atom stereocenters. The molecule has 1 fully saturated rings. The van der Waals surface area contributed by atoms with Crippen LogP contribution >= 0.6 is 39.9 Å². The molecule has 1 aliphatic heterocycles. The summed E-state index contributed by atoms with van der Waals surface area (Å²) in [5.41, 5.74) is 0.600. The number of nitrogens with zero attached hydrogens (tertiary/aromatic N) is 2. The van der Waals surface area contributed by atoms with E-state index >= 15 is 0 Å². The molecule has 5 nitrogen and oxygen atoms in total. The molecule has 1 heterocycles. The van der Waals surface area contributed by atoms with Crippen molar-refractivity contribution in [1.29, 1.82) is 0 Å². The fourth-order valence-electron chi connectivity index (χ4n) is 2.71. The van der Waals surface area contributed by atoms with Crippen molar-refractivity contribution in [2.75, 3.05) is 33.4 Å². The van der Waals surface area contributed by atoms with Gasteiger partial charge in [0.25, 0.3) is 0 Å². The summed E-state index contributed by atoms with van der Waals surface area (Å²) in [6, 6.07) is 4.94. The molecule has 148 valence electrons. The average molecular weight is 548 g/mol. The van der Waals surface area contributed by atoms with E-state index in [1.807, 2.05) is 14.0 Å². The highest BCUT2D eigenvalue weighted by molar-refractivity contribution is 14.0. The first-order valence-electron chi connectivity index (χ1n) is 8.30. The molecule has 1 aromatic rings. The van der Waals surface area contributed by atoms with Crippen molar-refractivity contribution >= 4 is 45.9 Å². The lowest BCUT2D eigenvalue weighted by Gasteiger charge is -2.24. The molecule has 1 aromatic carbocycles. The van der Waals surface area contributed by atoms with E-state index in [2.05, 4.69) is 35.9 Å². The maximum Gasteiger partial charge on any atom is 0.387 e. The molecule has 1 aliphatic rings. The molecule has 0 bridgehead atoms. The predicted molar refractivity (Wildman–Crippen MR) is 113 cm³/mol. The van der Waals surface area contributed by atoms with Gasteiger partial charge in [-0.25, -0.2) is 4.99 Å². The van der Waals surface area contributed by atoms with Gasteiger partial charge in [-0.1, -0.05) is 15.9 Å². The van der Waals surface area contributed by atoms with Crippen LogP contribution in [0.25, 0.3) is 0 Å². The lowest BCUT2D eigenvalue weighted by Crippen LogP contribution is -2.41. The number of ether oxygens (including phenoxy) is 2. The van der Waals surface area contributed by atoms with Crippen LogP contribution in [0.5, 0.6) is 5.75 Å². The molecule has 1 N–H and O–H groups in total. The van der Waals surface area contributed by atoms with Crippen molar-refractivity contribution in [2.24, 2.45) is 10.9 Å². The molecule has 26 heavy (non-hydrogen) atoms. The Bertz CT molecular complexity index is 587. The second-order valence-corrected chi connectivity index (χ2v) is 6.83. The van der Waals surface area contributed by atoms with Gasteiger partial charge in [0.1, 0.15) is 5.75 Å². The highest BCUT2D eigenvalue weighted by Gasteiger charge is 2.19. The van der Waals surface area contributed by atoms with E-state index in [9.17, 15) is 8.78 Å². The third-order valence-corrected chi connectivity index (χ3v) is 4.38. The van der Waals surface area contributed by atoms with Crippen LogP contribution in [-0.4, -0.2) is 50.8 Å². The third kappa shape index (κ3) is 7.51. The first kappa shape index (κ1) is 23.4. The van der Waals surface area contributed by atoms with Gasteiger partial charge in [0.05, 0.1) is 13.2 Å². The average Bonchev–Trinajstić information content (AvgIpc) is 3.06. The van der Waals surface area contributed by atoms with Crippen molar-refractivity contribution < 1.29 is 18.3 Å². The number of guanidine groups is 1. The summed E-state index contributed by atoms with van der Waals surface area (Å²) < 4.78 is 35.9.